The molecular formula is C46H46N2O5S. The van der Waals surface area contributed by atoms with Gasteiger partial charge in [-0.3, -0.25) is 4.90 Å². The lowest BCUT2D eigenvalue weighted by Crippen LogP contribution is -2.44. The van der Waals surface area contributed by atoms with Crippen molar-refractivity contribution in [3.8, 4) is 11.1 Å². The number of aliphatic hydroxyl groups excluding tert-OH is 1. The second-order valence-corrected chi connectivity index (χ2v) is 15.7. The SMILES string of the molecule is C[C@@H]1[C@H](CN(Cc2ccccc2)Cc2ccccc2)O[C@H](c2ccc(-c3cccc(CNS(=O)(=O)c4ccccc4)c3)cc2)O[C@@H]1c1ccc(CO)cc1. The van der Waals surface area contributed by atoms with Gasteiger partial charge in [-0.1, -0.05) is 153 Å². The predicted octanol–water partition coefficient (Wildman–Crippen LogP) is 8.82. The second kappa shape index (κ2) is 17.5. The van der Waals surface area contributed by atoms with Gasteiger partial charge in [0.25, 0.3) is 0 Å². The highest BCUT2D eigenvalue weighted by Gasteiger charge is 2.39. The molecular weight excluding hydrogens is 693 g/mol. The zero-order valence-corrected chi connectivity index (χ0v) is 31.2. The lowest BCUT2D eigenvalue weighted by atomic mass is 9.89. The van der Waals surface area contributed by atoms with E-state index < -0.39 is 16.3 Å². The molecule has 7 rings (SSSR count). The minimum absolute atomic E-state index is 0.0117. The van der Waals surface area contributed by atoms with Crippen LogP contribution in [0.5, 0.6) is 0 Å². The van der Waals surface area contributed by atoms with Gasteiger partial charge in [0.2, 0.25) is 10.0 Å². The Labute approximate surface area is 318 Å². The summed E-state index contributed by atoms with van der Waals surface area (Å²) in [6.07, 6.45) is -0.973. The highest BCUT2D eigenvalue weighted by Crippen LogP contribution is 2.42. The Morgan fingerprint density at radius 2 is 1.19 bits per heavy atom. The van der Waals surface area contributed by atoms with Gasteiger partial charge in [0.15, 0.2) is 6.29 Å². The number of hydrogen-bond donors (Lipinski definition) is 2. The van der Waals surface area contributed by atoms with Crippen molar-refractivity contribution in [2.24, 2.45) is 5.92 Å². The Hall–Kier alpha value is -4.93. The fourth-order valence-corrected chi connectivity index (χ4v) is 8.04. The first kappa shape index (κ1) is 37.4. The molecule has 6 aromatic rings. The molecule has 6 aromatic carbocycles. The number of nitrogens with zero attached hydrogens (tertiary/aromatic N) is 1. The van der Waals surface area contributed by atoms with Gasteiger partial charge >= 0.3 is 0 Å². The smallest absolute Gasteiger partial charge is 0.240 e. The summed E-state index contributed by atoms with van der Waals surface area (Å²) < 4.78 is 42.0. The first-order valence-corrected chi connectivity index (χ1v) is 19.9. The standard InChI is InChI=1S/C46H46N2O5S/c1-34-44(32-48(30-35-12-5-2-6-13-35)31-36-14-7-3-8-15-36)52-46(53-45(34)40-22-20-37(33-49)21-23-40)41-26-24-39(25-27-41)42-17-11-16-38(28-42)29-47-54(50,51)43-18-9-4-10-19-43/h2-28,34,44-47,49H,29-33H2,1H3/t34-,44+,45+,46+/m1/s1. The summed E-state index contributed by atoms with van der Waals surface area (Å²) in [5.41, 5.74) is 8.15. The maximum Gasteiger partial charge on any atom is 0.240 e. The quantitative estimate of drug-likeness (QED) is 0.116. The van der Waals surface area contributed by atoms with E-state index in [0.717, 1.165) is 46.5 Å². The van der Waals surface area contributed by atoms with Gasteiger partial charge in [0.1, 0.15) is 0 Å². The number of ether oxygens (including phenoxy) is 2. The van der Waals surface area contributed by atoms with E-state index in [1.165, 1.54) is 11.1 Å². The third-order valence-electron chi connectivity index (χ3n) is 10.0. The molecule has 0 amide bonds. The van der Waals surface area contributed by atoms with Crippen molar-refractivity contribution in [2.75, 3.05) is 6.54 Å². The van der Waals surface area contributed by atoms with Crippen LogP contribution in [0.25, 0.3) is 11.1 Å². The van der Waals surface area contributed by atoms with Gasteiger partial charge in [-0.2, -0.15) is 0 Å². The fraction of sp³-hybridized carbons (Fsp3) is 0.217. The zero-order valence-electron chi connectivity index (χ0n) is 30.4. The number of benzene rings is 6. The fourth-order valence-electron chi connectivity index (χ4n) is 7.01. The number of aliphatic hydroxyl groups is 1. The van der Waals surface area contributed by atoms with Crippen molar-refractivity contribution in [1.82, 2.24) is 9.62 Å². The van der Waals surface area contributed by atoms with E-state index in [1.807, 2.05) is 60.7 Å². The molecule has 0 unspecified atom stereocenters. The first-order chi connectivity index (χ1) is 26.3. The van der Waals surface area contributed by atoms with Crippen LogP contribution in [0, 0.1) is 5.92 Å². The average molecular weight is 739 g/mol. The minimum Gasteiger partial charge on any atom is -0.392 e. The number of sulfonamides is 1. The molecule has 8 heteroatoms. The topological polar surface area (TPSA) is 88.1 Å². The van der Waals surface area contributed by atoms with Crippen LogP contribution in [-0.2, 0) is 45.7 Å². The van der Waals surface area contributed by atoms with E-state index in [1.54, 1.807) is 30.3 Å². The van der Waals surface area contributed by atoms with Crippen molar-refractivity contribution >= 4 is 10.0 Å². The predicted molar refractivity (Wildman–Crippen MR) is 212 cm³/mol. The Kier molecular flexibility index (Phi) is 12.1. The summed E-state index contributed by atoms with van der Waals surface area (Å²) in [6, 6.07) is 53.6. The lowest BCUT2D eigenvalue weighted by Gasteiger charge is -2.43. The molecule has 276 valence electrons. The van der Waals surface area contributed by atoms with Crippen molar-refractivity contribution in [3.05, 3.63) is 197 Å². The van der Waals surface area contributed by atoms with Gasteiger partial charge in [0, 0.05) is 37.7 Å². The molecule has 1 heterocycles. The molecule has 0 aromatic heterocycles. The Balaban J connectivity index is 1.12. The maximum absolute atomic E-state index is 12.8. The third-order valence-corrected chi connectivity index (χ3v) is 11.4. The van der Waals surface area contributed by atoms with Crippen molar-refractivity contribution < 1.29 is 23.0 Å². The van der Waals surface area contributed by atoms with Gasteiger partial charge < -0.3 is 14.6 Å². The molecule has 0 aliphatic carbocycles. The van der Waals surface area contributed by atoms with Crippen LogP contribution in [0.15, 0.2) is 169 Å². The van der Waals surface area contributed by atoms with E-state index in [-0.39, 0.29) is 36.2 Å². The van der Waals surface area contributed by atoms with E-state index in [4.69, 9.17) is 9.47 Å². The molecule has 54 heavy (non-hydrogen) atoms. The van der Waals surface area contributed by atoms with E-state index in [9.17, 15) is 13.5 Å². The lowest BCUT2D eigenvalue weighted by molar-refractivity contribution is -0.276. The number of rotatable bonds is 14. The molecule has 1 aliphatic heterocycles. The Bertz CT molecular complexity index is 2140. The summed E-state index contributed by atoms with van der Waals surface area (Å²) >= 11 is 0. The molecule has 4 atom stereocenters. The molecule has 1 saturated heterocycles. The van der Waals surface area contributed by atoms with E-state index >= 15 is 0 Å². The molecule has 1 aliphatic rings. The molecule has 0 saturated carbocycles. The van der Waals surface area contributed by atoms with E-state index in [2.05, 4.69) is 89.3 Å². The number of nitrogens with one attached hydrogen (secondary N) is 1. The summed E-state index contributed by atoms with van der Waals surface area (Å²) in [7, 11) is -3.62. The Morgan fingerprint density at radius 1 is 0.611 bits per heavy atom. The third kappa shape index (κ3) is 9.40. The van der Waals surface area contributed by atoms with Crippen LogP contribution in [0.4, 0.5) is 0 Å². The summed E-state index contributed by atoms with van der Waals surface area (Å²) in [5.74, 6) is 0.0385. The van der Waals surface area contributed by atoms with Crippen LogP contribution < -0.4 is 4.72 Å². The van der Waals surface area contributed by atoms with Gasteiger partial charge in [-0.25, -0.2) is 13.1 Å². The van der Waals surface area contributed by atoms with Crippen molar-refractivity contribution in [3.63, 3.8) is 0 Å². The molecule has 0 spiro atoms. The highest BCUT2D eigenvalue weighted by atomic mass is 32.2. The summed E-state index contributed by atoms with van der Waals surface area (Å²) in [6.45, 7) is 4.64. The molecule has 7 nitrogen and oxygen atoms in total. The Morgan fingerprint density at radius 3 is 1.80 bits per heavy atom. The van der Waals surface area contributed by atoms with Gasteiger partial charge in [0.05, 0.1) is 23.7 Å². The summed E-state index contributed by atoms with van der Waals surface area (Å²) in [5, 5.41) is 9.70. The van der Waals surface area contributed by atoms with Gasteiger partial charge in [-0.05, 0) is 57.1 Å². The molecule has 0 radical (unpaired) electrons. The van der Waals surface area contributed by atoms with Crippen LogP contribution in [0.1, 0.15) is 52.7 Å². The number of hydrogen-bond acceptors (Lipinski definition) is 6. The zero-order chi connectivity index (χ0) is 37.3. The van der Waals surface area contributed by atoms with Crippen LogP contribution in [0.3, 0.4) is 0 Å². The van der Waals surface area contributed by atoms with Crippen molar-refractivity contribution in [2.45, 2.75) is 56.6 Å². The highest BCUT2D eigenvalue weighted by molar-refractivity contribution is 7.89. The average Bonchev–Trinajstić information content (AvgIpc) is 3.22. The largest absolute Gasteiger partial charge is 0.392 e. The van der Waals surface area contributed by atoms with E-state index in [0.29, 0.717) is 6.54 Å². The first-order valence-electron chi connectivity index (χ1n) is 18.4. The van der Waals surface area contributed by atoms with Crippen LogP contribution in [-0.4, -0.2) is 31.1 Å². The molecule has 0 bridgehead atoms. The van der Waals surface area contributed by atoms with Crippen LogP contribution in [0.2, 0.25) is 0 Å². The summed E-state index contributed by atoms with van der Waals surface area (Å²) in [4.78, 5) is 2.70. The monoisotopic (exact) mass is 738 g/mol. The van der Waals surface area contributed by atoms with Gasteiger partial charge in [-0.15, -0.1) is 0 Å². The second-order valence-electron chi connectivity index (χ2n) is 13.9. The maximum atomic E-state index is 12.8. The van der Waals surface area contributed by atoms with Crippen molar-refractivity contribution in [1.29, 1.82) is 0 Å². The minimum atomic E-state index is -3.62. The van der Waals surface area contributed by atoms with Crippen LogP contribution >= 0.6 is 0 Å². The molecule has 1 fully saturated rings. The molecule has 2 N–H and O–H groups in total. The normalized spacial score (nSPS) is 18.8.